The van der Waals surface area contributed by atoms with Crippen molar-refractivity contribution in [2.24, 2.45) is 0 Å². The van der Waals surface area contributed by atoms with Gasteiger partial charge in [-0.3, -0.25) is 4.79 Å². The lowest BCUT2D eigenvalue weighted by Crippen LogP contribution is -2.38. The fourth-order valence-electron chi connectivity index (χ4n) is 2.71. The number of hydrogen-bond acceptors (Lipinski definition) is 5. The first-order chi connectivity index (χ1) is 11.9. The number of carbonyl (C=O) groups excluding carboxylic acids is 1. The van der Waals surface area contributed by atoms with Crippen molar-refractivity contribution in [1.82, 2.24) is 9.62 Å². The van der Waals surface area contributed by atoms with Gasteiger partial charge in [0.15, 0.2) is 0 Å². The number of thiophene rings is 1. The van der Waals surface area contributed by atoms with E-state index in [9.17, 15) is 13.2 Å². The molecule has 1 aliphatic carbocycles. The zero-order chi connectivity index (χ0) is 18.3. The van der Waals surface area contributed by atoms with Crippen LogP contribution in [0, 0.1) is 0 Å². The Balaban J connectivity index is 1.65. The van der Waals surface area contributed by atoms with Crippen LogP contribution in [0.5, 0.6) is 0 Å². The van der Waals surface area contributed by atoms with E-state index in [-0.39, 0.29) is 16.7 Å². The number of sulfonamides is 1. The topological polar surface area (TPSA) is 75.7 Å². The predicted molar refractivity (Wildman–Crippen MR) is 99.6 cm³/mol. The Labute approximate surface area is 158 Å². The lowest BCUT2D eigenvalue weighted by atomic mass is 9.98. The lowest BCUT2D eigenvalue weighted by Gasteiger charge is -2.22. The van der Waals surface area contributed by atoms with Crippen LogP contribution >= 0.6 is 22.9 Å². The molecule has 1 aliphatic rings. The summed E-state index contributed by atoms with van der Waals surface area (Å²) in [5, 5.41) is 2.73. The normalized spacial score (nSPS) is 16.3. The van der Waals surface area contributed by atoms with Crippen molar-refractivity contribution in [3.63, 3.8) is 0 Å². The van der Waals surface area contributed by atoms with Gasteiger partial charge in [0.25, 0.3) is 10.0 Å². The van der Waals surface area contributed by atoms with Gasteiger partial charge in [-0.2, -0.15) is 4.31 Å². The molecule has 9 heteroatoms. The molecule has 1 saturated carbocycles. The second-order valence-electron chi connectivity index (χ2n) is 6.15. The Kier molecular flexibility index (Phi) is 8.15. The SMILES string of the molecule is CN(CC(=O)NCCCOC1CCCCC1)S(=O)(=O)c1ccc(Cl)s1. The van der Waals surface area contributed by atoms with E-state index < -0.39 is 10.0 Å². The Hall–Kier alpha value is -0.670. The molecule has 1 amide bonds. The molecule has 1 fully saturated rings. The van der Waals surface area contributed by atoms with Crippen LogP contribution in [0.1, 0.15) is 38.5 Å². The summed E-state index contributed by atoms with van der Waals surface area (Å²) in [4.78, 5) is 11.9. The number of nitrogens with zero attached hydrogens (tertiary/aromatic N) is 1. The van der Waals surface area contributed by atoms with Gasteiger partial charge in [0.2, 0.25) is 5.91 Å². The van der Waals surface area contributed by atoms with E-state index in [1.54, 1.807) is 0 Å². The van der Waals surface area contributed by atoms with E-state index in [1.807, 2.05) is 0 Å². The molecule has 0 unspecified atom stereocenters. The summed E-state index contributed by atoms with van der Waals surface area (Å²) in [6.45, 7) is 0.873. The Bertz CT molecular complexity index is 657. The molecule has 0 atom stereocenters. The Morgan fingerprint density at radius 1 is 1.36 bits per heavy atom. The van der Waals surface area contributed by atoms with Gasteiger partial charge < -0.3 is 10.1 Å². The van der Waals surface area contributed by atoms with Gasteiger partial charge in [-0.15, -0.1) is 11.3 Å². The zero-order valence-electron chi connectivity index (χ0n) is 14.4. The first kappa shape index (κ1) is 20.6. The van der Waals surface area contributed by atoms with Crippen molar-refractivity contribution >= 4 is 38.9 Å². The van der Waals surface area contributed by atoms with Crippen LogP contribution in [-0.4, -0.2) is 51.5 Å². The van der Waals surface area contributed by atoms with Crippen LogP contribution in [0.4, 0.5) is 0 Å². The molecule has 1 aromatic rings. The van der Waals surface area contributed by atoms with Crippen LogP contribution in [0.15, 0.2) is 16.3 Å². The highest BCUT2D eigenvalue weighted by molar-refractivity contribution is 7.91. The van der Waals surface area contributed by atoms with E-state index in [1.165, 1.54) is 38.4 Å². The third-order valence-corrected chi connectivity index (χ3v) is 7.63. The fraction of sp³-hybridized carbons (Fsp3) is 0.688. The Morgan fingerprint density at radius 2 is 2.08 bits per heavy atom. The van der Waals surface area contributed by atoms with Gasteiger partial charge in [-0.1, -0.05) is 30.9 Å². The Morgan fingerprint density at radius 3 is 2.72 bits per heavy atom. The van der Waals surface area contributed by atoms with Crippen LogP contribution < -0.4 is 5.32 Å². The predicted octanol–water partition coefficient (Wildman–Crippen LogP) is 2.88. The number of rotatable bonds is 9. The minimum atomic E-state index is -3.68. The number of amides is 1. The molecule has 2 rings (SSSR count). The van der Waals surface area contributed by atoms with E-state index in [2.05, 4.69) is 5.32 Å². The maximum Gasteiger partial charge on any atom is 0.252 e. The molecule has 0 bridgehead atoms. The highest BCUT2D eigenvalue weighted by Crippen LogP contribution is 2.27. The summed E-state index contributed by atoms with van der Waals surface area (Å²) >= 11 is 6.75. The van der Waals surface area contributed by atoms with E-state index in [0.29, 0.717) is 23.6 Å². The molecule has 0 spiro atoms. The van der Waals surface area contributed by atoms with Crippen LogP contribution in [0.2, 0.25) is 4.34 Å². The van der Waals surface area contributed by atoms with Crippen LogP contribution in [0.25, 0.3) is 0 Å². The summed E-state index contributed by atoms with van der Waals surface area (Å²) < 4.78 is 32.0. The third kappa shape index (κ3) is 6.53. The fourth-order valence-corrected chi connectivity index (χ4v) is 5.54. The minimum Gasteiger partial charge on any atom is -0.378 e. The molecule has 142 valence electrons. The van der Waals surface area contributed by atoms with Crippen molar-refractivity contribution in [3.8, 4) is 0 Å². The minimum absolute atomic E-state index is 0.133. The molecule has 0 aromatic carbocycles. The van der Waals surface area contributed by atoms with Crippen molar-refractivity contribution in [1.29, 1.82) is 0 Å². The lowest BCUT2D eigenvalue weighted by molar-refractivity contribution is -0.121. The van der Waals surface area contributed by atoms with Crippen molar-refractivity contribution in [3.05, 3.63) is 16.5 Å². The highest BCUT2D eigenvalue weighted by atomic mass is 35.5. The molecule has 1 heterocycles. The van der Waals surface area contributed by atoms with Crippen molar-refractivity contribution < 1.29 is 17.9 Å². The van der Waals surface area contributed by atoms with Gasteiger partial charge >= 0.3 is 0 Å². The largest absolute Gasteiger partial charge is 0.378 e. The molecule has 6 nitrogen and oxygen atoms in total. The molecule has 0 saturated heterocycles. The number of nitrogens with one attached hydrogen (secondary N) is 1. The molecule has 1 aromatic heterocycles. The number of ether oxygens (including phenoxy) is 1. The molecule has 1 N–H and O–H groups in total. The maximum absolute atomic E-state index is 12.3. The van der Waals surface area contributed by atoms with Gasteiger partial charge in [-0.25, -0.2) is 8.42 Å². The summed E-state index contributed by atoms with van der Waals surface area (Å²) in [5.74, 6) is -0.327. The standard InChI is InChI=1S/C16H25ClN2O4S2/c1-19(25(21,22)16-9-8-14(17)24-16)12-15(20)18-10-5-11-23-13-6-3-2-4-7-13/h8-9,13H,2-7,10-12H2,1H3,(H,18,20). The summed E-state index contributed by atoms with van der Waals surface area (Å²) in [5.41, 5.74) is 0. The van der Waals surface area contributed by atoms with Crippen molar-refractivity contribution in [2.45, 2.75) is 48.8 Å². The maximum atomic E-state index is 12.3. The molecule has 0 radical (unpaired) electrons. The molecule has 0 aliphatic heterocycles. The summed E-state index contributed by atoms with van der Waals surface area (Å²) in [7, 11) is -2.30. The molecular weight excluding hydrogens is 384 g/mol. The van der Waals surface area contributed by atoms with E-state index in [4.69, 9.17) is 16.3 Å². The summed E-state index contributed by atoms with van der Waals surface area (Å²) in [6.07, 6.45) is 7.10. The van der Waals surface area contributed by atoms with E-state index in [0.717, 1.165) is 34.9 Å². The van der Waals surface area contributed by atoms with Gasteiger partial charge in [0.05, 0.1) is 17.0 Å². The smallest absolute Gasteiger partial charge is 0.252 e. The number of carbonyl (C=O) groups is 1. The summed E-state index contributed by atoms with van der Waals surface area (Å²) in [6, 6.07) is 2.97. The first-order valence-corrected chi connectivity index (χ1v) is 11.1. The second kappa shape index (κ2) is 9.87. The van der Waals surface area contributed by atoms with Gasteiger partial charge in [0.1, 0.15) is 4.21 Å². The van der Waals surface area contributed by atoms with Crippen molar-refractivity contribution in [2.75, 3.05) is 26.7 Å². The highest BCUT2D eigenvalue weighted by Gasteiger charge is 2.24. The average molecular weight is 409 g/mol. The third-order valence-electron chi connectivity index (χ3n) is 4.13. The zero-order valence-corrected chi connectivity index (χ0v) is 16.8. The quantitative estimate of drug-likeness (QED) is 0.637. The average Bonchev–Trinajstić information content (AvgIpc) is 3.02. The number of halogens is 1. The first-order valence-electron chi connectivity index (χ1n) is 8.49. The van der Waals surface area contributed by atoms with Crippen LogP contribution in [0.3, 0.4) is 0 Å². The van der Waals surface area contributed by atoms with Gasteiger partial charge in [-0.05, 0) is 31.4 Å². The molecule has 25 heavy (non-hydrogen) atoms. The number of likely N-dealkylation sites (N-methyl/N-ethyl adjacent to an activating group) is 1. The molecular formula is C16H25ClN2O4S2. The van der Waals surface area contributed by atoms with Gasteiger partial charge in [0, 0.05) is 20.2 Å². The second-order valence-corrected chi connectivity index (χ2v) is 10.1. The monoisotopic (exact) mass is 408 g/mol. The number of hydrogen-bond donors (Lipinski definition) is 1. The van der Waals surface area contributed by atoms with E-state index >= 15 is 0 Å². The van der Waals surface area contributed by atoms with Crippen LogP contribution in [-0.2, 0) is 19.6 Å².